The quantitative estimate of drug-likeness (QED) is 0.674. The predicted octanol–water partition coefficient (Wildman–Crippen LogP) is 2.69. The summed E-state index contributed by atoms with van der Waals surface area (Å²) in [6.45, 7) is 1.97. The average molecular weight is 273 g/mol. The lowest BCUT2D eigenvalue weighted by molar-refractivity contribution is 0.0526. The van der Waals surface area contributed by atoms with E-state index in [9.17, 15) is 9.59 Å². The molecule has 3 aromatic rings. The Hall–Kier alpha value is -2.14. The summed E-state index contributed by atoms with van der Waals surface area (Å²) in [5, 5.41) is 2.54. The standard InChI is InChI=1S/C14H11NO3S/c1-2-18-14(17)11-9-6-8-19-12(9)10-5-3-4-7-15(10)13(11)16/h3-8H,2H2,1H3. The number of ether oxygens (including phenoxy) is 1. The molecule has 0 spiro atoms. The molecule has 96 valence electrons. The molecular weight excluding hydrogens is 262 g/mol. The van der Waals surface area contributed by atoms with E-state index in [4.69, 9.17) is 4.74 Å². The third-order valence-electron chi connectivity index (χ3n) is 2.94. The van der Waals surface area contributed by atoms with Gasteiger partial charge in [-0.05, 0) is 30.5 Å². The molecule has 0 saturated carbocycles. The number of fused-ring (bicyclic) bond motifs is 3. The van der Waals surface area contributed by atoms with Crippen LogP contribution in [0.2, 0.25) is 0 Å². The van der Waals surface area contributed by atoms with E-state index in [-0.39, 0.29) is 17.7 Å². The zero-order valence-corrected chi connectivity index (χ0v) is 11.1. The Kier molecular flexibility index (Phi) is 2.83. The summed E-state index contributed by atoms with van der Waals surface area (Å²) in [4.78, 5) is 24.4. The van der Waals surface area contributed by atoms with Crippen molar-refractivity contribution in [1.29, 1.82) is 0 Å². The van der Waals surface area contributed by atoms with Gasteiger partial charge in [0.15, 0.2) is 0 Å². The first-order valence-electron chi connectivity index (χ1n) is 5.91. The first-order valence-corrected chi connectivity index (χ1v) is 6.79. The molecule has 0 N–H and O–H groups in total. The van der Waals surface area contributed by atoms with Crippen molar-refractivity contribution in [3.8, 4) is 0 Å². The van der Waals surface area contributed by atoms with Crippen LogP contribution in [0.5, 0.6) is 0 Å². The van der Waals surface area contributed by atoms with Crippen molar-refractivity contribution in [2.24, 2.45) is 0 Å². The lowest BCUT2D eigenvalue weighted by Crippen LogP contribution is -2.23. The fourth-order valence-electron chi connectivity index (χ4n) is 2.15. The SMILES string of the molecule is CCOC(=O)c1c(=O)n2ccccc2c2sccc12. The van der Waals surface area contributed by atoms with Crippen LogP contribution >= 0.6 is 11.3 Å². The van der Waals surface area contributed by atoms with E-state index in [1.54, 1.807) is 25.3 Å². The van der Waals surface area contributed by atoms with Gasteiger partial charge in [-0.1, -0.05) is 6.07 Å². The maximum atomic E-state index is 12.4. The van der Waals surface area contributed by atoms with E-state index in [0.29, 0.717) is 5.39 Å². The molecule has 0 bridgehead atoms. The monoisotopic (exact) mass is 273 g/mol. The number of esters is 1. The van der Waals surface area contributed by atoms with Gasteiger partial charge in [-0.3, -0.25) is 9.20 Å². The van der Waals surface area contributed by atoms with Gasteiger partial charge in [0.05, 0.1) is 16.8 Å². The molecule has 3 heterocycles. The van der Waals surface area contributed by atoms with Crippen LogP contribution in [0, 0.1) is 0 Å². The molecule has 0 fully saturated rings. The zero-order chi connectivity index (χ0) is 13.4. The van der Waals surface area contributed by atoms with Crippen molar-refractivity contribution in [3.05, 3.63) is 51.8 Å². The van der Waals surface area contributed by atoms with Crippen molar-refractivity contribution in [1.82, 2.24) is 4.40 Å². The minimum atomic E-state index is -0.561. The number of hydrogen-bond donors (Lipinski definition) is 0. The molecular formula is C14H11NO3S. The van der Waals surface area contributed by atoms with Crippen molar-refractivity contribution in [3.63, 3.8) is 0 Å². The molecule has 0 atom stereocenters. The van der Waals surface area contributed by atoms with Crippen LogP contribution in [-0.2, 0) is 4.74 Å². The second-order valence-electron chi connectivity index (χ2n) is 4.02. The summed E-state index contributed by atoms with van der Waals surface area (Å²) in [7, 11) is 0. The summed E-state index contributed by atoms with van der Waals surface area (Å²) >= 11 is 1.51. The number of carbonyl (C=O) groups is 1. The van der Waals surface area contributed by atoms with Gasteiger partial charge in [0, 0.05) is 11.6 Å². The average Bonchev–Trinajstić information content (AvgIpc) is 2.88. The van der Waals surface area contributed by atoms with Crippen LogP contribution in [0.3, 0.4) is 0 Å². The van der Waals surface area contributed by atoms with E-state index < -0.39 is 5.97 Å². The number of nitrogens with zero attached hydrogens (tertiary/aromatic N) is 1. The third kappa shape index (κ3) is 1.74. The van der Waals surface area contributed by atoms with E-state index in [1.807, 2.05) is 17.5 Å². The normalized spacial score (nSPS) is 11.0. The van der Waals surface area contributed by atoms with Crippen LogP contribution in [0.4, 0.5) is 0 Å². The molecule has 0 amide bonds. The van der Waals surface area contributed by atoms with Gasteiger partial charge in [0.1, 0.15) is 5.56 Å². The maximum absolute atomic E-state index is 12.4. The van der Waals surface area contributed by atoms with Crippen molar-refractivity contribution < 1.29 is 9.53 Å². The number of thiophene rings is 1. The number of hydrogen-bond acceptors (Lipinski definition) is 4. The van der Waals surface area contributed by atoms with Crippen molar-refractivity contribution in [2.45, 2.75) is 6.92 Å². The molecule has 0 aliphatic rings. The molecule has 0 aliphatic carbocycles. The minimum Gasteiger partial charge on any atom is -0.462 e. The van der Waals surface area contributed by atoms with Crippen LogP contribution in [-0.4, -0.2) is 17.0 Å². The highest BCUT2D eigenvalue weighted by molar-refractivity contribution is 7.18. The van der Waals surface area contributed by atoms with E-state index >= 15 is 0 Å². The summed E-state index contributed by atoms with van der Waals surface area (Å²) in [6, 6.07) is 7.30. The minimum absolute atomic E-state index is 0.113. The topological polar surface area (TPSA) is 47.8 Å². The molecule has 0 unspecified atom stereocenters. The predicted molar refractivity (Wildman–Crippen MR) is 75.0 cm³/mol. The fourth-order valence-corrected chi connectivity index (χ4v) is 3.07. The van der Waals surface area contributed by atoms with Crippen LogP contribution in [0.25, 0.3) is 15.6 Å². The van der Waals surface area contributed by atoms with Crippen LogP contribution < -0.4 is 5.56 Å². The summed E-state index contributed by atoms with van der Waals surface area (Å²) in [5.74, 6) is -0.561. The maximum Gasteiger partial charge on any atom is 0.344 e. The molecule has 19 heavy (non-hydrogen) atoms. The number of pyridine rings is 2. The lowest BCUT2D eigenvalue weighted by atomic mass is 10.1. The number of rotatable bonds is 2. The highest BCUT2D eigenvalue weighted by atomic mass is 32.1. The molecule has 0 aromatic carbocycles. The van der Waals surface area contributed by atoms with E-state index in [0.717, 1.165) is 10.2 Å². The van der Waals surface area contributed by atoms with Crippen molar-refractivity contribution in [2.75, 3.05) is 6.61 Å². The van der Waals surface area contributed by atoms with Gasteiger partial charge in [0.2, 0.25) is 0 Å². The van der Waals surface area contributed by atoms with Gasteiger partial charge in [-0.25, -0.2) is 4.79 Å². The Morgan fingerprint density at radius 1 is 1.37 bits per heavy atom. The zero-order valence-electron chi connectivity index (χ0n) is 10.3. The highest BCUT2D eigenvalue weighted by Crippen LogP contribution is 2.27. The Labute approximate surface area is 112 Å². The van der Waals surface area contributed by atoms with Gasteiger partial charge >= 0.3 is 5.97 Å². The Balaban J connectivity index is 2.48. The van der Waals surface area contributed by atoms with E-state index in [1.165, 1.54) is 15.7 Å². The Bertz CT molecular complexity index is 831. The lowest BCUT2D eigenvalue weighted by Gasteiger charge is -2.07. The Morgan fingerprint density at radius 3 is 3.00 bits per heavy atom. The molecule has 3 aromatic heterocycles. The largest absolute Gasteiger partial charge is 0.462 e. The smallest absolute Gasteiger partial charge is 0.344 e. The van der Waals surface area contributed by atoms with Crippen molar-refractivity contribution >= 4 is 32.9 Å². The van der Waals surface area contributed by atoms with Gasteiger partial charge in [0.25, 0.3) is 5.56 Å². The second-order valence-corrected chi connectivity index (χ2v) is 4.94. The Morgan fingerprint density at radius 2 is 2.21 bits per heavy atom. The third-order valence-corrected chi connectivity index (χ3v) is 3.88. The molecule has 0 radical (unpaired) electrons. The van der Waals surface area contributed by atoms with E-state index in [2.05, 4.69) is 0 Å². The number of carbonyl (C=O) groups excluding carboxylic acids is 1. The highest BCUT2D eigenvalue weighted by Gasteiger charge is 2.19. The molecule has 5 heteroatoms. The molecule has 3 rings (SSSR count). The molecule has 4 nitrogen and oxygen atoms in total. The first kappa shape index (κ1) is 11.9. The summed E-state index contributed by atoms with van der Waals surface area (Å²) < 4.78 is 7.40. The van der Waals surface area contributed by atoms with Gasteiger partial charge in [-0.15, -0.1) is 11.3 Å². The number of aromatic nitrogens is 1. The van der Waals surface area contributed by atoms with Crippen LogP contribution in [0.15, 0.2) is 40.6 Å². The summed E-state index contributed by atoms with van der Waals surface area (Å²) in [5.41, 5.74) is 0.590. The first-order chi connectivity index (χ1) is 9.24. The van der Waals surface area contributed by atoms with Crippen LogP contribution in [0.1, 0.15) is 17.3 Å². The fraction of sp³-hybridized carbons (Fsp3) is 0.143. The second kappa shape index (κ2) is 4.51. The van der Waals surface area contributed by atoms with Gasteiger partial charge in [-0.2, -0.15) is 0 Å². The van der Waals surface area contributed by atoms with Gasteiger partial charge < -0.3 is 4.74 Å². The molecule has 0 aliphatic heterocycles. The molecule has 0 saturated heterocycles. The summed E-state index contributed by atoms with van der Waals surface area (Å²) in [6.07, 6.45) is 1.67.